The lowest BCUT2D eigenvalue weighted by Crippen LogP contribution is -2.17. The van der Waals surface area contributed by atoms with Gasteiger partial charge in [0.05, 0.1) is 17.3 Å². The van der Waals surface area contributed by atoms with Gasteiger partial charge in [0.15, 0.2) is 11.5 Å². The SMILES string of the molecule is CCOc1cc(/C=N\NC(=O)c2ccccc2)cc(Br)c1OCc1ccccc1. The zero-order chi connectivity index (χ0) is 20.5. The van der Waals surface area contributed by atoms with E-state index in [-0.39, 0.29) is 5.91 Å². The second kappa shape index (κ2) is 10.4. The van der Waals surface area contributed by atoms with Gasteiger partial charge in [-0.2, -0.15) is 5.10 Å². The first-order valence-corrected chi connectivity index (χ1v) is 9.98. The van der Waals surface area contributed by atoms with Crippen molar-refractivity contribution in [1.29, 1.82) is 0 Å². The van der Waals surface area contributed by atoms with E-state index < -0.39 is 0 Å². The zero-order valence-corrected chi connectivity index (χ0v) is 17.6. The Balaban J connectivity index is 1.72. The normalized spacial score (nSPS) is 10.7. The van der Waals surface area contributed by atoms with Gasteiger partial charge in [0.2, 0.25) is 0 Å². The van der Waals surface area contributed by atoms with Crippen LogP contribution in [0.3, 0.4) is 0 Å². The molecule has 1 N–H and O–H groups in total. The predicted octanol–water partition coefficient (Wildman–Crippen LogP) is 5.19. The summed E-state index contributed by atoms with van der Waals surface area (Å²) in [5, 5.41) is 4.04. The Morgan fingerprint density at radius 3 is 2.41 bits per heavy atom. The number of hydrogen-bond acceptors (Lipinski definition) is 4. The van der Waals surface area contributed by atoms with Crippen LogP contribution < -0.4 is 14.9 Å². The summed E-state index contributed by atoms with van der Waals surface area (Å²) in [5.74, 6) is 0.962. The number of carbonyl (C=O) groups excluding carboxylic acids is 1. The number of amides is 1. The molecule has 0 bridgehead atoms. The highest BCUT2D eigenvalue weighted by Crippen LogP contribution is 2.37. The summed E-state index contributed by atoms with van der Waals surface area (Å²) in [7, 11) is 0. The minimum Gasteiger partial charge on any atom is -0.490 e. The lowest BCUT2D eigenvalue weighted by atomic mass is 10.2. The van der Waals surface area contributed by atoms with Gasteiger partial charge in [0, 0.05) is 5.56 Å². The molecule has 0 saturated heterocycles. The fourth-order valence-corrected chi connectivity index (χ4v) is 3.19. The Labute approximate surface area is 178 Å². The highest BCUT2D eigenvalue weighted by molar-refractivity contribution is 9.10. The molecular formula is C23H21BrN2O3. The van der Waals surface area contributed by atoms with Crippen molar-refractivity contribution in [3.8, 4) is 11.5 Å². The Morgan fingerprint density at radius 1 is 1.03 bits per heavy atom. The molecule has 0 saturated carbocycles. The molecule has 1 amide bonds. The maximum atomic E-state index is 12.1. The van der Waals surface area contributed by atoms with Crippen LogP contribution in [0.4, 0.5) is 0 Å². The molecule has 6 heteroatoms. The van der Waals surface area contributed by atoms with Crippen LogP contribution in [0.15, 0.2) is 82.4 Å². The average Bonchev–Trinajstić information content (AvgIpc) is 2.74. The summed E-state index contributed by atoms with van der Waals surface area (Å²) in [6.07, 6.45) is 1.56. The van der Waals surface area contributed by atoms with E-state index in [9.17, 15) is 4.79 Å². The predicted molar refractivity (Wildman–Crippen MR) is 118 cm³/mol. The maximum Gasteiger partial charge on any atom is 0.271 e. The van der Waals surface area contributed by atoms with Crippen molar-refractivity contribution in [3.05, 3.63) is 94.0 Å². The van der Waals surface area contributed by atoms with E-state index in [1.165, 1.54) is 0 Å². The monoisotopic (exact) mass is 452 g/mol. The summed E-state index contributed by atoms with van der Waals surface area (Å²) >= 11 is 3.55. The van der Waals surface area contributed by atoms with Gasteiger partial charge in [-0.05, 0) is 58.2 Å². The summed E-state index contributed by atoms with van der Waals surface area (Å²) in [6, 6.07) is 22.5. The maximum absolute atomic E-state index is 12.1. The summed E-state index contributed by atoms with van der Waals surface area (Å²) in [4.78, 5) is 12.1. The van der Waals surface area contributed by atoms with E-state index in [1.807, 2.05) is 55.5 Å². The smallest absolute Gasteiger partial charge is 0.271 e. The van der Waals surface area contributed by atoms with E-state index in [4.69, 9.17) is 9.47 Å². The number of nitrogens with one attached hydrogen (secondary N) is 1. The van der Waals surface area contributed by atoms with Crippen LogP contribution >= 0.6 is 15.9 Å². The van der Waals surface area contributed by atoms with E-state index >= 15 is 0 Å². The van der Waals surface area contributed by atoms with Crippen LogP contribution in [-0.4, -0.2) is 18.7 Å². The van der Waals surface area contributed by atoms with Gasteiger partial charge in [-0.15, -0.1) is 0 Å². The van der Waals surface area contributed by atoms with Crippen molar-refractivity contribution in [2.24, 2.45) is 5.10 Å². The molecule has 0 aliphatic heterocycles. The van der Waals surface area contributed by atoms with Crippen LogP contribution in [0.25, 0.3) is 0 Å². The van der Waals surface area contributed by atoms with Crippen LogP contribution in [-0.2, 0) is 6.61 Å². The van der Waals surface area contributed by atoms with Gasteiger partial charge in [-0.25, -0.2) is 5.43 Å². The van der Waals surface area contributed by atoms with E-state index in [1.54, 1.807) is 30.5 Å². The molecule has 0 unspecified atom stereocenters. The number of nitrogens with zero attached hydrogens (tertiary/aromatic N) is 1. The molecule has 3 aromatic carbocycles. The molecule has 5 nitrogen and oxygen atoms in total. The van der Waals surface area contributed by atoms with Crippen molar-refractivity contribution in [2.45, 2.75) is 13.5 Å². The molecule has 0 fully saturated rings. The van der Waals surface area contributed by atoms with Crippen LogP contribution in [0.2, 0.25) is 0 Å². The third-order valence-corrected chi connectivity index (χ3v) is 4.56. The number of carbonyl (C=O) groups is 1. The number of ether oxygens (including phenoxy) is 2. The van der Waals surface area contributed by atoms with Crippen molar-refractivity contribution < 1.29 is 14.3 Å². The van der Waals surface area contributed by atoms with Crippen molar-refractivity contribution in [2.75, 3.05) is 6.61 Å². The molecule has 0 radical (unpaired) electrons. The fraction of sp³-hybridized carbons (Fsp3) is 0.130. The summed E-state index contributed by atoms with van der Waals surface area (Å²) in [6.45, 7) is 2.84. The minimum absolute atomic E-state index is 0.270. The molecule has 148 valence electrons. The van der Waals surface area contributed by atoms with Crippen molar-refractivity contribution in [1.82, 2.24) is 5.43 Å². The van der Waals surface area contributed by atoms with Crippen molar-refractivity contribution in [3.63, 3.8) is 0 Å². The Kier molecular flexibility index (Phi) is 7.41. The molecule has 3 aromatic rings. The van der Waals surface area contributed by atoms with Gasteiger partial charge in [-0.1, -0.05) is 48.5 Å². The zero-order valence-electron chi connectivity index (χ0n) is 16.0. The fourth-order valence-electron chi connectivity index (χ4n) is 2.61. The number of hydrazone groups is 1. The first-order chi connectivity index (χ1) is 14.2. The Bertz CT molecular complexity index is 976. The molecular weight excluding hydrogens is 432 g/mol. The van der Waals surface area contributed by atoms with Gasteiger partial charge in [-0.3, -0.25) is 4.79 Å². The molecule has 0 aliphatic carbocycles. The highest BCUT2D eigenvalue weighted by Gasteiger charge is 2.12. The van der Waals surface area contributed by atoms with Crippen LogP contribution in [0.5, 0.6) is 11.5 Å². The summed E-state index contributed by atoms with van der Waals surface area (Å²) in [5.41, 5.74) is 4.90. The lowest BCUT2D eigenvalue weighted by molar-refractivity contribution is 0.0955. The molecule has 0 heterocycles. The number of halogens is 1. The van der Waals surface area contributed by atoms with Gasteiger partial charge in [0.1, 0.15) is 6.61 Å². The van der Waals surface area contributed by atoms with E-state index in [0.717, 1.165) is 15.6 Å². The van der Waals surface area contributed by atoms with E-state index in [2.05, 4.69) is 26.5 Å². The number of benzene rings is 3. The Morgan fingerprint density at radius 2 is 1.72 bits per heavy atom. The third-order valence-electron chi connectivity index (χ3n) is 3.97. The van der Waals surface area contributed by atoms with Crippen molar-refractivity contribution >= 4 is 28.1 Å². The van der Waals surface area contributed by atoms with E-state index in [0.29, 0.717) is 30.3 Å². The van der Waals surface area contributed by atoms with Crippen LogP contribution in [0.1, 0.15) is 28.4 Å². The summed E-state index contributed by atoms with van der Waals surface area (Å²) < 4.78 is 12.5. The topological polar surface area (TPSA) is 59.9 Å². The first-order valence-electron chi connectivity index (χ1n) is 9.19. The first kappa shape index (κ1) is 20.6. The largest absolute Gasteiger partial charge is 0.490 e. The van der Waals surface area contributed by atoms with Gasteiger partial charge in [0.25, 0.3) is 5.91 Å². The highest BCUT2D eigenvalue weighted by atomic mass is 79.9. The second-order valence-electron chi connectivity index (χ2n) is 6.10. The number of hydrogen-bond donors (Lipinski definition) is 1. The quantitative estimate of drug-likeness (QED) is 0.377. The Hall–Kier alpha value is -3.12. The molecule has 3 rings (SSSR count). The van der Waals surface area contributed by atoms with Gasteiger partial charge >= 0.3 is 0 Å². The molecule has 29 heavy (non-hydrogen) atoms. The standard InChI is InChI=1S/C23H21BrN2O3/c1-2-28-21-14-18(15-25-26-23(27)19-11-7-4-8-12-19)13-20(24)22(21)29-16-17-9-5-3-6-10-17/h3-15H,2,16H2,1H3,(H,26,27)/b25-15-. The van der Waals surface area contributed by atoms with Crippen LogP contribution in [0, 0.1) is 0 Å². The lowest BCUT2D eigenvalue weighted by Gasteiger charge is -2.14. The molecule has 0 aromatic heterocycles. The second-order valence-corrected chi connectivity index (χ2v) is 6.96. The molecule has 0 spiro atoms. The molecule has 0 aliphatic rings. The molecule has 0 atom stereocenters. The average molecular weight is 453 g/mol. The third kappa shape index (κ3) is 5.93. The minimum atomic E-state index is -0.270. The number of rotatable bonds is 8. The van der Waals surface area contributed by atoms with Gasteiger partial charge < -0.3 is 9.47 Å².